The first kappa shape index (κ1) is 33.0. The van der Waals surface area contributed by atoms with Gasteiger partial charge in [-0.15, -0.1) is 0 Å². The monoisotopic (exact) mass is 744 g/mol. The fourth-order valence-corrected chi connectivity index (χ4v) is 7.00. The second kappa shape index (κ2) is 12.1. The third-order valence-corrected chi connectivity index (χ3v) is 9.44. The van der Waals surface area contributed by atoms with Gasteiger partial charge in [0, 0.05) is 34.1 Å². The number of carbonyl (C=O) groups is 1. The van der Waals surface area contributed by atoms with Crippen molar-refractivity contribution in [2.75, 3.05) is 0 Å². The molecule has 1 saturated carbocycles. The Morgan fingerprint density at radius 1 is 1.08 bits per heavy atom. The Morgan fingerprint density at radius 2 is 1.82 bits per heavy atom. The van der Waals surface area contributed by atoms with Crippen LogP contribution in [0.15, 0.2) is 64.0 Å². The number of rotatable bonds is 9. The van der Waals surface area contributed by atoms with Crippen molar-refractivity contribution in [1.29, 1.82) is 0 Å². The molecule has 2 unspecified atom stereocenters. The molecule has 15 heteroatoms. The van der Waals surface area contributed by atoms with Gasteiger partial charge in [-0.25, -0.2) is 22.5 Å². The number of nitrogens with zero attached hydrogens (tertiary/aromatic N) is 5. The van der Waals surface area contributed by atoms with Gasteiger partial charge in [0.05, 0.1) is 28.8 Å². The van der Waals surface area contributed by atoms with Crippen LogP contribution in [-0.4, -0.2) is 30.2 Å². The Bertz CT molecular complexity index is 2160. The lowest BCUT2D eigenvalue weighted by atomic mass is 10.0. The van der Waals surface area contributed by atoms with Gasteiger partial charge in [0.25, 0.3) is 17.9 Å². The van der Waals surface area contributed by atoms with E-state index in [4.69, 9.17) is 4.98 Å². The number of halogens is 7. The van der Waals surface area contributed by atoms with Crippen LogP contribution in [0.2, 0.25) is 0 Å². The zero-order valence-electron chi connectivity index (χ0n) is 25.9. The summed E-state index contributed by atoms with van der Waals surface area (Å²) in [5.41, 5.74) is -0.946. The summed E-state index contributed by atoms with van der Waals surface area (Å²) in [5, 5.41) is 6.61. The molecule has 0 bridgehead atoms. The van der Waals surface area contributed by atoms with E-state index >= 15 is 8.78 Å². The van der Waals surface area contributed by atoms with Crippen LogP contribution in [-0.2, 0) is 23.7 Å². The van der Waals surface area contributed by atoms with Crippen LogP contribution in [0, 0.1) is 17.6 Å². The van der Waals surface area contributed by atoms with Crippen LogP contribution in [0.1, 0.15) is 78.6 Å². The molecular formula is C34H27BrF6N6O2. The average molecular weight is 746 g/mol. The maximum Gasteiger partial charge on any atom is 0.293 e. The zero-order valence-corrected chi connectivity index (χ0v) is 27.5. The topological polar surface area (TPSA) is 94.7 Å². The first-order chi connectivity index (χ1) is 23.2. The molecule has 7 rings (SSSR count). The molecule has 49 heavy (non-hydrogen) atoms. The first-order valence-corrected chi connectivity index (χ1v) is 16.2. The molecule has 0 spiro atoms. The molecule has 0 saturated heterocycles. The summed E-state index contributed by atoms with van der Waals surface area (Å²) in [7, 11) is 0. The Balaban J connectivity index is 1.35. The largest absolute Gasteiger partial charge is 0.344 e. The summed E-state index contributed by atoms with van der Waals surface area (Å²) in [6.07, 6.45) is -1.92. The van der Waals surface area contributed by atoms with Crippen LogP contribution in [0.3, 0.4) is 0 Å². The molecule has 0 radical (unpaired) electrons. The van der Waals surface area contributed by atoms with Gasteiger partial charge in [-0.05, 0) is 66.3 Å². The molecule has 3 atom stereocenters. The van der Waals surface area contributed by atoms with E-state index in [0.29, 0.717) is 15.2 Å². The number of nitrogens with one attached hydrogen (secondary N) is 1. The molecule has 2 aromatic carbocycles. The third kappa shape index (κ3) is 5.91. The van der Waals surface area contributed by atoms with Crippen molar-refractivity contribution in [2.24, 2.45) is 5.92 Å². The van der Waals surface area contributed by atoms with Crippen LogP contribution < -0.4 is 10.9 Å². The predicted octanol–water partition coefficient (Wildman–Crippen LogP) is 7.39. The van der Waals surface area contributed by atoms with Crippen molar-refractivity contribution in [3.63, 3.8) is 0 Å². The Morgan fingerprint density at radius 3 is 2.47 bits per heavy atom. The summed E-state index contributed by atoms with van der Waals surface area (Å²) >= 11 is 3.37. The minimum atomic E-state index is -3.46. The Labute approximate surface area is 283 Å². The number of benzene rings is 2. The van der Waals surface area contributed by atoms with E-state index in [0.717, 1.165) is 17.8 Å². The fraction of sp³-hybridized carbons (Fsp3) is 0.324. The lowest BCUT2D eigenvalue weighted by Crippen LogP contribution is -2.38. The average Bonchev–Trinajstić information content (AvgIpc) is 3.68. The van der Waals surface area contributed by atoms with Gasteiger partial charge < -0.3 is 5.32 Å². The number of carbonyl (C=O) groups excluding carboxylic acids is 1. The molecule has 8 nitrogen and oxygen atoms in total. The van der Waals surface area contributed by atoms with E-state index in [9.17, 15) is 27.2 Å². The van der Waals surface area contributed by atoms with Crippen LogP contribution in [0.4, 0.5) is 26.3 Å². The van der Waals surface area contributed by atoms with Gasteiger partial charge in [-0.3, -0.25) is 23.8 Å². The second-order valence-electron chi connectivity index (χ2n) is 12.6. The van der Waals surface area contributed by atoms with E-state index in [-0.39, 0.29) is 52.3 Å². The molecule has 3 heterocycles. The molecule has 2 aliphatic rings. The highest BCUT2D eigenvalue weighted by atomic mass is 79.9. The summed E-state index contributed by atoms with van der Waals surface area (Å²) in [6.45, 7) is 3.01. The molecule has 2 aliphatic carbocycles. The Hall–Kier alpha value is -4.53. The number of aromatic nitrogens is 5. The lowest BCUT2D eigenvalue weighted by Gasteiger charge is -2.24. The SMILES string of the molecule is CC(C)c1ccc(-n2c([C@H](Cc3cc(F)cc(F)c3)NC(=O)Cn3nc(C(F)F)c4c3C(F)(F)C3CC43)nc3cc(Br)ccc3c2=O)cn1. The molecule has 1 N–H and O–H groups in total. The maximum atomic E-state index is 15.2. The number of hydrogen-bond acceptors (Lipinski definition) is 5. The van der Waals surface area contributed by atoms with Gasteiger partial charge in [-0.2, -0.15) is 13.9 Å². The number of amides is 1. The van der Waals surface area contributed by atoms with Crippen molar-refractivity contribution in [2.45, 2.75) is 63.5 Å². The molecule has 1 fully saturated rings. The molecule has 0 aliphatic heterocycles. The summed E-state index contributed by atoms with van der Waals surface area (Å²) in [4.78, 5) is 37.0. The number of hydrogen-bond donors (Lipinski definition) is 1. The predicted molar refractivity (Wildman–Crippen MR) is 170 cm³/mol. The van der Waals surface area contributed by atoms with E-state index in [2.05, 4.69) is 31.3 Å². The van der Waals surface area contributed by atoms with Crippen molar-refractivity contribution >= 4 is 32.7 Å². The molecule has 1 amide bonds. The summed E-state index contributed by atoms with van der Waals surface area (Å²) < 4.78 is 89.3. The van der Waals surface area contributed by atoms with E-state index in [1.807, 2.05) is 13.8 Å². The van der Waals surface area contributed by atoms with Crippen molar-refractivity contribution in [3.8, 4) is 5.69 Å². The highest BCUT2D eigenvalue weighted by molar-refractivity contribution is 9.10. The van der Waals surface area contributed by atoms with Gasteiger partial charge in [0.1, 0.15) is 35.4 Å². The number of pyridine rings is 1. The van der Waals surface area contributed by atoms with Gasteiger partial charge in [0.2, 0.25) is 5.91 Å². The Kier molecular flexibility index (Phi) is 8.15. The third-order valence-electron chi connectivity index (χ3n) is 8.95. The van der Waals surface area contributed by atoms with Gasteiger partial charge >= 0.3 is 0 Å². The second-order valence-corrected chi connectivity index (χ2v) is 13.6. The lowest BCUT2D eigenvalue weighted by molar-refractivity contribution is -0.123. The van der Waals surface area contributed by atoms with Gasteiger partial charge in [0.15, 0.2) is 0 Å². The highest BCUT2D eigenvalue weighted by Gasteiger charge is 2.67. The van der Waals surface area contributed by atoms with Crippen molar-refractivity contribution < 1.29 is 31.1 Å². The van der Waals surface area contributed by atoms with Crippen LogP contribution in [0.5, 0.6) is 0 Å². The van der Waals surface area contributed by atoms with E-state index in [1.165, 1.54) is 10.8 Å². The summed E-state index contributed by atoms with van der Waals surface area (Å²) in [5.74, 6) is -8.06. The number of alkyl halides is 4. The molecule has 3 aromatic heterocycles. The van der Waals surface area contributed by atoms with E-state index < -0.39 is 71.3 Å². The van der Waals surface area contributed by atoms with E-state index in [1.54, 1.807) is 30.3 Å². The standard InChI is InChI=1S/C34H27BrF6N6O2/c1-15(2)24-6-4-20(13-42-24)47-32(44-25-10-17(35)3-5-21(25)33(47)49)26(9-16-7-18(36)11-19(37)8-16)43-27(48)14-46-30-28(29(45-46)31(38)39)22-12-23(22)34(30,40)41/h3-8,10-11,13,15,22-23,26,31H,9,12,14H2,1-2H3,(H,43,48)/t22?,23?,26-/m0/s1. The quantitative estimate of drug-likeness (QED) is 0.159. The summed E-state index contributed by atoms with van der Waals surface area (Å²) in [6, 6.07) is 9.63. The van der Waals surface area contributed by atoms with Crippen LogP contribution >= 0.6 is 15.9 Å². The zero-order chi connectivity index (χ0) is 34.9. The minimum Gasteiger partial charge on any atom is -0.344 e. The normalized spacial score (nSPS) is 18.2. The highest BCUT2D eigenvalue weighted by Crippen LogP contribution is 2.68. The fourth-order valence-electron chi connectivity index (χ4n) is 6.66. The number of fused-ring (bicyclic) bond motifs is 4. The molecule has 5 aromatic rings. The maximum absolute atomic E-state index is 15.2. The van der Waals surface area contributed by atoms with Crippen molar-refractivity contribution in [3.05, 3.63) is 115 Å². The minimum absolute atomic E-state index is 0.0537. The van der Waals surface area contributed by atoms with Gasteiger partial charge in [-0.1, -0.05) is 29.8 Å². The van der Waals surface area contributed by atoms with Crippen LogP contribution in [0.25, 0.3) is 16.6 Å². The van der Waals surface area contributed by atoms with Crippen molar-refractivity contribution in [1.82, 2.24) is 29.6 Å². The molecule has 254 valence electrons. The first-order valence-electron chi connectivity index (χ1n) is 15.4. The smallest absolute Gasteiger partial charge is 0.293 e. The molecular weight excluding hydrogens is 718 g/mol.